The summed E-state index contributed by atoms with van der Waals surface area (Å²) in [6.45, 7) is 1.89. The van der Waals surface area contributed by atoms with Gasteiger partial charge in [0.15, 0.2) is 0 Å². The van der Waals surface area contributed by atoms with Crippen LogP contribution in [0.5, 0.6) is 0 Å². The molecule has 1 heterocycles. The summed E-state index contributed by atoms with van der Waals surface area (Å²) < 4.78 is 0. The number of carboxylic acids is 1. The second-order valence-electron chi connectivity index (χ2n) is 3.18. The Morgan fingerprint density at radius 1 is 1.60 bits per heavy atom. The molecule has 0 aliphatic carbocycles. The molecule has 5 heteroatoms. The van der Waals surface area contributed by atoms with Crippen molar-refractivity contribution in [2.24, 2.45) is 0 Å². The minimum absolute atomic E-state index is 0.0820. The van der Waals surface area contributed by atoms with E-state index in [9.17, 15) is 4.79 Å². The number of rotatable bonds is 3. The van der Waals surface area contributed by atoms with Gasteiger partial charge in [-0.15, -0.1) is 11.8 Å². The van der Waals surface area contributed by atoms with E-state index >= 15 is 0 Å². The lowest BCUT2D eigenvalue weighted by Crippen LogP contribution is -1.97. The lowest BCUT2D eigenvalue weighted by Gasteiger charge is -1.97. The largest absolute Gasteiger partial charge is 0.481 e. The summed E-state index contributed by atoms with van der Waals surface area (Å²) >= 11 is 1.31. The van der Waals surface area contributed by atoms with E-state index in [0.717, 1.165) is 21.8 Å². The highest BCUT2D eigenvalue weighted by atomic mass is 32.2. The standard InChI is InChI=1S/C10H10N2O2S/c1-6-11-8-3-2-7(4-9(8)12-6)15-5-10(13)14/h2-4H,5H2,1H3,(H,11,12)(H,13,14). The second-order valence-corrected chi connectivity index (χ2v) is 4.23. The van der Waals surface area contributed by atoms with Gasteiger partial charge in [0.2, 0.25) is 0 Å². The highest BCUT2D eigenvalue weighted by Gasteiger charge is 2.03. The van der Waals surface area contributed by atoms with Crippen molar-refractivity contribution < 1.29 is 9.90 Å². The number of nitrogens with zero attached hydrogens (tertiary/aromatic N) is 1. The fourth-order valence-electron chi connectivity index (χ4n) is 1.35. The molecular weight excluding hydrogens is 212 g/mol. The number of H-pyrrole nitrogens is 1. The molecule has 0 saturated heterocycles. The van der Waals surface area contributed by atoms with E-state index in [2.05, 4.69) is 9.97 Å². The molecule has 15 heavy (non-hydrogen) atoms. The first-order chi connectivity index (χ1) is 7.15. The molecule has 0 aliphatic rings. The molecule has 2 aromatic rings. The van der Waals surface area contributed by atoms with Crippen LogP contribution in [0.15, 0.2) is 23.1 Å². The maximum Gasteiger partial charge on any atom is 0.313 e. The quantitative estimate of drug-likeness (QED) is 0.780. The summed E-state index contributed by atoms with van der Waals surface area (Å²) in [6.07, 6.45) is 0. The van der Waals surface area contributed by atoms with Crippen LogP contribution in [0.1, 0.15) is 5.82 Å². The molecule has 0 saturated carbocycles. The van der Waals surface area contributed by atoms with Gasteiger partial charge in [-0.2, -0.15) is 0 Å². The number of nitrogens with one attached hydrogen (secondary N) is 1. The number of carboxylic acid groups (broad SMARTS) is 1. The maximum absolute atomic E-state index is 10.4. The highest BCUT2D eigenvalue weighted by Crippen LogP contribution is 2.22. The third kappa shape index (κ3) is 2.30. The van der Waals surface area contributed by atoms with Gasteiger partial charge in [0.1, 0.15) is 5.82 Å². The van der Waals surface area contributed by atoms with Gasteiger partial charge in [-0.25, -0.2) is 4.98 Å². The Kier molecular flexibility index (Phi) is 2.64. The van der Waals surface area contributed by atoms with Crippen LogP contribution in [-0.2, 0) is 4.79 Å². The lowest BCUT2D eigenvalue weighted by atomic mass is 10.3. The molecule has 2 N–H and O–H groups in total. The Morgan fingerprint density at radius 3 is 3.13 bits per heavy atom. The van der Waals surface area contributed by atoms with Crippen molar-refractivity contribution in [2.45, 2.75) is 11.8 Å². The second kappa shape index (κ2) is 3.94. The normalized spacial score (nSPS) is 10.7. The monoisotopic (exact) mass is 222 g/mol. The first kappa shape index (κ1) is 10.0. The predicted molar refractivity (Wildman–Crippen MR) is 59.2 cm³/mol. The maximum atomic E-state index is 10.4. The molecule has 2 rings (SSSR count). The van der Waals surface area contributed by atoms with Crippen LogP contribution in [0, 0.1) is 6.92 Å². The van der Waals surface area contributed by atoms with Crippen molar-refractivity contribution >= 4 is 28.8 Å². The van der Waals surface area contributed by atoms with E-state index in [4.69, 9.17) is 5.11 Å². The number of thioether (sulfide) groups is 1. The first-order valence-corrected chi connectivity index (χ1v) is 5.44. The molecule has 0 amide bonds. The summed E-state index contributed by atoms with van der Waals surface area (Å²) in [5.74, 6) is 0.143. The van der Waals surface area contributed by atoms with Crippen LogP contribution < -0.4 is 0 Å². The summed E-state index contributed by atoms with van der Waals surface area (Å²) in [7, 11) is 0. The van der Waals surface area contributed by atoms with Gasteiger partial charge < -0.3 is 10.1 Å². The van der Waals surface area contributed by atoms with E-state index in [-0.39, 0.29) is 5.75 Å². The van der Waals surface area contributed by atoms with Gasteiger partial charge in [-0.3, -0.25) is 4.79 Å². The molecule has 0 spiro atoms. The van der Waals surface area contributed by atoms with Gasteiger partial charge in [0.05, 0.1) is 16.8 Å². The number of imidazole rings is 1. The van der Waals surface area contributed by atoms with Crippen molar-refractivity contribution in [2.75, 3.05) is 5.75 Å². The molecule has 0 atom stereocenters. The highest BCUT2D eigenvalue weighted by molar-refractivity contribution is 8.00. The van der Waals surface area contributed by atoms with Crippen LogP contribution in [0.25, 0.3) is 11.0 Å². The molecule has 0 aliphatic heterocycles. The van der Waals surface area contributed by atoms with Crippen molar-refractivity contribution in [3.05, 3.63) is 24.0 Å². The Balaban J connectivity index is 2.26. The molecule has 4 nitrogen and oxygen atoms in total. The molecule has 1 aromatic heterocycles. The van der Waals surface area contributed by atoms with Gasteiger partial charge in [-0.05, 0) is 25.1 Å². The predicted octanol–water partition coefficient (Wildman–Crippen LogP) is 2.05. The van der Waals surface area contributed by atoms with Crippen molar-refractivity contribution in [3.63, 3.8) is 0 Å². The zero-order valence-electron chi connectivity index (χ0n) is 8.15. The van der Waals surface area contributed by atoms with E-state index in [1.165, 1.54) is 11.8 Å². The topological polar surface area (TPSA) is 66.0 Å². The van der Waals surface area contributed by atoms with Crippen LogP contribution in [0.3, 0.4) is 0 Å². The number of hydrogen-bond donors (Lipinski definition) is 2. The minimum atomic E-state index is -0.805. The van der Waals surface area contributed by atoms with E-state index < -0.39 is 5.97 Å². The Labute approximate surface area is 90.7 Å². The van der Waals surface area contributed by atoms with Crippen molar-refractivity contribution in [3.8, 4) is 0 Å². The summed E-state index contributed by atoms with van der Waals surface area (Å²) in [6, 6.07) is 5.70. The van der Waals surface area contributed by atoms with Gasteiger partial charge in [-0.1, -0.05) is 0 Å². The molecule has 0 unspecified atom stereocenters. The van der Waals surface area contributed by atoms with Crippen LogP contribution >= 0.6 is 11.8 Å². The van der Waals surface area contributed by atoms with Crippen LogP contribution in [-0.4, -0.2) is 26.8 Å². The Hall–Kier alpha value is -1.49. The number of aliphatic carboxylic acids is 1. The summed E-state index contributed by atoms with van der Waals surface area (Å²) in [5.41, 5.74) is 1.86. The molecule has 1 aromatic carbocycles. The average molecular weight is 222 g/mol. The minimum Gasteiger partial charge on any atom is -0.481 e. The first-order valence-electron chi connectivity index (χ1n) is 4.46. The Morgan fingerprint density at radius 2 is 2.40 bits per heavy atom. The number of benzene rings is 1. The summed E-state index contributed by atoms with van der Waals surface area (Å²) in [4.78, 5) is 18.7. The third-order valence-electron chi connectivity index (χ3n) is 1.93. The number of hydrogen-bond acceptors (Lipinski definition) is 3. The number of aromatic amines is 1. The zero-order chi connectivity index (χ0) is 10.8. The van der Waals surface area contributed by atoms with Gasteiger partial charge >= 0.3 is 5.97 Å². The van der Waals surface area contributed by atoms with Crippen LogP contribution in [0.2, 0.25) is 0 Å². The van der Waals surface area contributed by atoms with E-state index in [1.807, 2.05) is 25.1 Å². The molecular formula is C10H10N2O2S. The van der Waals surface area contributed by atoms with Crippen molar-refractivity contribution in [1.82, 2.24) is 9.97 Å². The number of fused-ring (bicyclic) bond motifs is 1. The average Bonchev–Trinajstić information content (AvgIpc) is 2.53. The zero-order valence-corrected chi connectivity index (χ0v) is 8.97. The molecule has 0 radical (unpaired) electrons. The van der Waals surface area contributed by atoms with E-state index in [0.29, 0.717) is 0 Å². The number of aryl methyl sites for hydroxylation is 1. The van der Waals surface area contributed by atoms with Crippen molar-refractivity contribution in [1.29, 1.82) is 0 Å². The fraction of sp³-hybridized carbons (Fsp3) is 0.200. The lowest BCUT2D eigenvalue weighted by molar-refractivity contribution is -0.133. The van der Waals surface area contributed by atoms with Crippen LogP contribution in [0.4, 0.5) is 0 Å². The fourth-order valence-corrected chi connectivity index (χ4v) is 2.01. The van der Waals surface area contributed by atoms with E-state index in [1.54, 1.807) is 0 Å². The van der Waals surface area contributed by atoms with Gasteiger partial charge in [0.25, 0.3) is 0 Å². The molecule has 0 bridgehead atoms. The smallest absolute Gasteiger partial charge is 0.313 e. The third-order valence-corrected chi connectivity index (χ3v) is 2.91. The van der Waals surface area contributed by atoms with Gasteiger partial charge in [0, 0.05) is 4.90 Å². The summed E-state index contributed by atoms with van der Waals surface area (Å²) in [5, 5.41) is 8.55. The molecule has 78 valence electrons. The molecule has 0 fully saturated rings. The SMILES string of the molecule is Cc1nc2ccc(SCC(=O)O)cc2[nH]1. The number of carbonyl (C=O) groups is 1. The Bertz CT molecular complexity index is 507. The number of aromatic nitrogens is 2.